The number of nitrogens with one attached hydrogen (secondary N) is 1. The molecule has 3 aromatic rings. The molecule has 1 N–H and O–H groups in total. The number of rotatable bonds is 4. The zero-order valence-electron chi connectivity index (χ0n) is 16.4. The lowest BCUT2D eigenvalue weighted by Crippen LogP contribution is -2.14. The Balaban J connectivity index is 1.94. The molecule has 0 radical (unpaired) electrons. The predicted octanol–water partition coefficient (Wildman–Crippen LogP) is 4.65. The molecule has 0 saturated heterocycles. The van der Waals surface area contributed by atoms with Gasteiger partial charge in [0.15, 0.2) is 0 Å². The Morgan fingerprint density at radius 1 is 1.11 bits per heavy atom. The Bertz CT molecular complexity index is 1100. The van der Waals surface area contributed by atoms with E-state index in [1.807, 2.05) is 87.0 Å². The van der Waals surface area contributed by atoms with E-state index in [-0.39, 0.29) is 5.57 Å². The lowest BCUT2D eigenvalue weighted by Gasteiger charge is -2.08. The molecule has 1 amide bonds. The number of carbonyl (C=O) groups excluding carboxylic acids is 1. The van der Waals surface area contributed by atoms with Crippen LogP contribution in [0.1, 0.15) is 28.1 Å². The highest BCUT2D eigenvalue weighted by Crippen LogP contribution is 2.22. The summed E-state index contributed by atoms with van der Waals surface area (Å²) in [5, 5.41) is 16.9. The van der Waals surface area contributed by atoms with Crippen LogP contribution in [0.3, 0.4) is 0 Å². The van der Waals surface area contributed by atoms with Crippen LogP contribution in [0.4, 0.5) is 5.69 Å². The van der Waals surface area contributed by atoms with E-state index < -0.39 is 5.91 Å². The fourth-order valence-corrected chi connectivity index (χ4v) is 3.12. The van der Waals surface area contributed by atoms with E-state index in [0.717, 1.165) is 33.8 Å². The summed E-state index contributed by atoms with van der Waals surface area (Å²) < 4.78 is 1.82. The first-order valence-corrected chi connectivity index (χ1v) is 9.02. The largest absolute Gasteiger partial charge is 0.321 e. The quantitative estimate of drug-likeness (QED) is 0.537. The van der Waals surface area contributed by atoms with Gasteiger partial charge in [-0.25, -0.2) is 4.68 Å². The molecule has 5 nitrogen and oxygen atoms in total. The van der Waals surface area contributed by atoms with Crippen molar-refractivity contribution >= 4 is 17.7 Å². The van der Waals surface area contributed by atoms with Crippen molar-refractivity contribution < 1.29 is 4.79 Å². The van der Waals surface area contributed by atoms with Crippen LogP contribution in [0.5, 0.6) is 0 Å². The van der Waals surface area contributed by atoms with Gasteiger partial charge in [-0.1, -0.05) is 35.9 Å². The fraction of sp³-hybridized carbons (Fsp3) is 0.174. The molecule has 5 heteroatoms. The standard InChI is InChI=1S/C23H22N4O/c1-15-10-11-22(16(2)12-15)25-23(28)19(14-24)13-21-17(3)26-27(18(21)4)20-8-6-5-7-9-20/h5-13H,1-4H3,(H,25,28)/b19-13+. The van der Waals surface area contributed by atoms with Crippen LogP contribution in [-0.2, 0) is 4.79 Å². The number of benzene rings is 2. The number of anilines is 1. The van der Waals surface area contributed by atoms with Gasteiger partial charge in [-0.2, -0.15) is 10.4 Å². The van der Waals surface area contributed by atoms with Gasteiger partial charge in [-0.3, -0.25) is 4.79 Å². The summed E-state index contributed by atoms with van der Waals surface area (Å²) in [7, 11) is 0. The molecule has 0 saturated carbocycles. The maximum Gasteiger partial charge on any atom is 0.266 e. The highest BCUT2D eigenvalue weighted by molar-refractivity contribution is 6.10. The highest BCUT2D eigenvalue weighted by atomic mass is 16.1. The molecule has 0 aliphatic carbocycles. The Kier molecular flexibility index (Phi) is 5.42. The van der Waals surface area contributed by atoms with Gasteiger partial charge in [-0.15, -0.1) is 0 Å². The van der Waals surface area contributed by atoms with Gasteiger partial charge in [-0.05, 0) is 57.5 Å². The van der Waals surface area contributed by atoms with Gasteiger partial charge >= 0.3 is 0 Å². The van der Waals surface area contributed by atoms with E-state index in [4.69, 9.17) is 0 Å². The summed E-state index contributed by atoms with van der Waals surface area (Å²) in [6.45, 7) is 7.72. The third-order valence-corrected chi connectivity index (χ3v) is 4.63. The summed E-state index contributed by atoms with van der Waals surface area (Å²) in [6.07, 6.45) is 1.61. The maximum atomic E-state index is 12.7. The van der Waals surface area contributed by atoms with Crippen LogP contribution in [0.2, 0.25) is 0 Å². The lowest BCUT2D eigenvalue weighted by atomic mass is 10.1. The number of aryl methyl sites for hydroxylation is 3. The van der Waals surface area contributed by atoms with Crippen LogP contribution < -0.4 is 5.32 Å². The van der Waals surface area contributed by atoms with Crippen LogP contribution in [0.25, 0.3) is 11.8 Å². The van der Waals surface area contributed by atoms with Gasteiger partial charge in [0.25, 0.3) is 5.91 Å². The number of para-hydroxylation sites is 1. The smallest absolute Gasteiger partial charge is 0.266 e. The zero-order chi connectivity index (χ0) is 20.3. The molecule has 3 rings (SSSR count). The minimum absolute atomic E-state index is 0.0405. The highest BCUT2D eigenvalue weighted by Gasteiger charge is 2.16. The van der Waals surface area contributed by atoms with E-state index in [2.05, 4.69) is 10.4 Å². The predicted molar refractivity (Wildman–Crippen MR) is 111 cm³/mol. The molecule has 0 fully saturated rings. The monoisotopic (exact) mass is 370 g/mol. The molecular formula is C23H22N4O. The second-order valence-electron chi connectivity index (χ2n) is 6.77. The Labute approximate surface area is 164 Å². The molecule has 0 spiro atoms. The minimum atomic E-state index is -0.430. The van der Waals surface area contributed by atoms with Crippen molar-refractivity contribution in [3.8, 4) is 11.8 Å². The van der Waals surface area contributed by atoms with Crippen molar-refractivity contribution in [2.24, 2.45) is 0 Å². The summed E-state index contributed by atoms with van der Waals surface area (Å²) >= 11 is 0. The third-order valence-electron chi connectivity index (χ3n) is 4.63. The van der Waals surface area contributed by atoms with E-state index in [9.17, 15) is 10.1 Å². The molecule has 1 heterocycles. The Hall–Kier alpha value is -3.65. The van der Waals surface area contributed by atoms with Crippen LogP contribution >= 0.6 is 0 Å². The van der Waals surface area contributed by atoms with Gasteiger partial charge in [0, 0.05) is 16.9 Å². The summed E-state index contributed by atoms with van der Waals surface area (Å²) in [4.78, 5) is 12.7. The Morgan fingerprint density at radius 2 is 1.82 bits per heavy atom. The fourth-order valence-electron chi connectivity index (χ4n) is 3.12. The molecular weight excluding hydrogens is 348 g/mol. The molecule has 2 aromatic carbocycles. The first kappa shape index (κ1) is 19.1. The average Bonchev–Trinajstić information content (AvgIpc) is 2.96. The number of aromatic nitrogens is 2. The van der Waals surface area contributed by atoms with Crippen LogP contribution in [0.15, 0.2) is 54.1 Å². The second-order valence-corrected chi connectivity index (χ2v) is 6.77. The zero-order valence-corrected chi connectivity index (χ0v) is 16.4. The minimum Gasteiger partial charge on any atom is -0.321 e. The van der Waals surface area contributed by atoms with Crippen molar-refractivity contribution in [2.45, 2.75) is 27.7 Å². The summed E-state index contributed by atoms with van der Waals surface area (Å²) in [6, 6.07) is 17.5. The SMILES string of the molecule is Cc1ccc(NC(=O)/C(C#N)=C/c2c(C)nn(-c3ccccc3)c2C)c(C)c1. The number of amides is 1. The van der Waals surface area contributed by atoms with E-state index >= 15 is 0 Å². The molecule has 0 atom stereocenters. The van der Waals surface area contributed by atoms with Gasteiger partial charge in [0.05, 0.1) is 11.4 Å². The molecule has 0 aliphatic heterocycles. The van der Waals surface area contributed by atoms with Crippen LogP contribution in [-0.4, -0.2) is 15.7 Å². The number of nitrogens with zero attached hydrogens (tertiary/aromatic N) is 3. The van der Waals surface area contributed by atoms with Crippen molar-refractivity contribution in [3.63, 3.8) is 0 Å². The summed E-state index contributed by atoms with van der Waals surface area (Å²) in [5.41, 5.74) is 6.14. The van der Waals surface area contributed by atoms with Crippen LogP contribution in [0, 0.1) is 39.0 Å². The third kappa shape index (κ3) is 3.86. The summed E-state index contributed by atoms with van der Waals surface area (Å²) in [5.74, 6) is -0.430. The topological polar surface area (TPSA) is 70.7 Å². The lowest BCUT2D eigenvalue weighted by molar-refractivity contribution is -0.112. The molecule has 28 heavy (non-hydrogen) atoms. The van der Waals surface area contributed by atoms with Gasteiger partial charge in [0.1, 0.15) is 11.6 Å². The maximum absolute atomic E-state index is 12.7. The molecule has 0 bridgehead atoms. The van der Waals surface area contributed by atoms with E-state index in [1.54, 1.807) is 6.08 Å². The van der Waals surface area contributed by atoms with E-state index in [1.165, 1.54) is 0 Å². The van der Waals surface area contributed by atoms with Crippen molar-refractivity contribution in [3.05, 3.63) is 82.2 Å². The first-order valence-electron chi connectivity index (χ1n) is 9.02. The Morgan fingerprint density at radius 3 is 2.46 bits per heavy atom. The first-order chi connectivity index (χ1) is 13.4. The normalized spacial score (nSPS) is 11.2. The van der Waals surface area contributed by atoms with Crippen molar-refractivity contribution in [1.82, 2.24) is 9.78 Å². The number of hydrogen-bond donors (Lipinski definition) is 1. The molecule has 0 unspecified atom stereocenters. The number of carbonyl (C=O) groups is 1. The van der Waals surface area contributed by atoms with Gasteiger partial charge in [0.2, 0.25) is 0 Å². The van der Waals surface area contributed by atoms with Crippen molar-refractivity contribution in [2.75, 3.05) is 5.32 Å². The van der Waals surface area contributed by atoms with Crippen molar-refractivity contribution in [1.29, 1.82) is 5.26 Å². The molecule has 1 aromatic heterocycles. The molecule has 0 aliphatic rings. The number of nitriles is 1. The molecule has 140 valence electrons. The average molecular weight is 370 g/mol. The second kappa shape index (κ2) is 7.93. The van der Waals surface area contributed by atoms with E-state index in [0.29, 0.717) is 5.69 Å². The number of hydrogen-bond acceptors (Lipinski definition) is 3. The van der Waals surface area contributed by atoms with Gasteiger partial charge < -0.3 is 5.32 Å².